The predicted molar refractivity (Wildman–Crippen MR) is 132 cm³/mol. The summed E-state index contributed by atoms with van der Waals surface area (Å²) in [5.41, 5.74) is 1.84. The minimum absolute atomic E-state index is 0. The molecule has 1 aromatic rings. The van der Waals surface area contributed by atoms with E-state index in [4.69, 9.17) is 9.73 Å². The molecule has 1 atom stereocenters. The number of halogens is 1. The van der Waals surface area contributed by atoms with E-state index in [1.807, 2.05) is 18.2 Å². The molecule has 1 unspecified atom stereocenters. The van der Waals surface area contributed by atoms with E-state index in [9.17, 15) is 4.79 Å². The lowest BCUT2D eigenvalue weighted by molar-refractivity contribution is 0.0315. The molecule has 0 radical (unpaired) electrons. The van der Waals surface area contributed by atoms with Crippen molar-refractivity contribution in [3.63, 3.8) is 0 Å². The Labute approximate surface area is 197 Å². The number of morpholine rings is 1. The van der Waals surface area contributed by atoms with Gasteiger partial charge in [0.05, 0.1) is 13.2 Å². The molecule has 3 rings (SSSR count). The zero-order valence-electron chi connectivity index (χ0n) is 18.2. The second kappa shape index (κ2) is 13.1. The second-order valence-corrected chi connectivity index (χ2v) is 7.78. The van der Waals surface area contributed by atoms with Gasteiger partial charge in [-0.05, 0) is 43.4 Å². The highest BCUT2D eigenvalue weighted by Gasteiger charge is 2.27. The first-order valence-electron chi connectivity index (χ1n) is 10.8. The van der Waals surface area contributed by atoms with Crippen LogP contribution in [-0.4, -0.2) is 87.7 Å². The summed E-state index contributed by atoms with van der Waals surface area (Å²) in [7, 11) is 1.66. The van der Waals surface area contributed by atoms with Crippen molar-refractivity contribution in [2.24, 2.45) is 10.9 Å². The minimum atomic E-state index is -0.0490. The zero-order valence-corrected chi connectivity index (χ0v) is 20.6. The fourth-order valence-corrected chi connectivity index (χ4v) is 4.05. The van der Waals surface area contributed by atoms with Gasteiger partial charge in [0.1, 0.15) is 0 Å². The summed E-state index contributed by atoms with van der Waals surface area (Å²) in [4.78, 5) is 21.6. The van der Waals surface area contributed by atoms with Crippen molar-refractivity contribution in [2.75, 3.05) is 66.1 Å². The van der Waals surface area contributed by atoms with Crippen molar-refractivity contribution >= 4 is 35.8 Å². The van der Waals surface area contributed by atoms with Crippen molar-refractivity contribution in [3.05, 3.63) is 35.4 Å². The van der Waals surface area contributed by atoms with Gasteiger partial charge in [-0.3, -0.25) is 14.7 Å². The number of rotatable bonds is 7. The number of aliphatic imine (C=N–C) groups is 1. The van der Waals surface area contributed by atoms with Crippen molar-refractivity contribution in [1.29, 1.82) is 0 Å². The van der Waals surface area contributed by atoms with E-state index in [2.05, 4.69) is 33.4 Å². The Morgan fingerprint density at radius 1 is 1.27 bits per heavy atom. The SMILES string of the molecule is CCNC(=NCCc1cccc(C(=O)NC)c1)N1CCC(CN2CCOCC2)C1.I. The molecular weight excluding hydrogens is 493 g/mol. The Morgan fingerprint density at radius 2 is 2.07 bits per heavy atom. The highest BCUT2D eigenvalue weighted by atomic mass is 127. The molecule has 1 aromatic carbocycles. The molecule has 30 heavy (non-hydrogen) atoms. The molecule has 1 amide bonds. The Balaban J connectivity index is 0.00000320. The van der Waals surface area contributed by atoms with Crippen LogP contribution >= 0.6 is 24.0 Å². The summed E-state index contributed by atoms with van der Waals surface area (Å²) in [6.07, 6.45) is 2.04. The maximum absolute atomic E-state index is 11.8. The molecule has 0 saturated carbocycles. The Bertz CT molecular complexity index is 694. The third-order valence-electron chi connectivity index (χ3n) is 5.62. The van der Waals surface area contributed by atoms with Gasteiger partial charge in [-0.1, -0.05) is 12.1 Å². The first kappa shape index (κ1) is 24.9. The number of hydrogen-bond donors (Lipinski definition) is 2. The molecule has 2 aliphatic rings. The fraction of sp³-hybridized carbons (Fsp3) is 0.636. The smallest absolute Gasteiger partial charge is 0.251 e. The molecule has 7 nitrogen and oxygen atoms in total. The van der Waals surface area contributed by atoms with E-state index in [0.717, 1.165) is 70.4 Å². The number of carbonyl (C=O) groups is 1. The lowest BCUT2D eigenvalue weighted by atomic mass is 10.1. The van der Waals surface area contributed by atoms with Crippen LogP contribution in [0.1, 0.15) is 29.3 Å². The van der Waals surface area contributed by atoms with Crippen molar-refractivity contribution in [3.8, 4) is 0 Å². The van der Waals surface area contributed by atoms with Gasteiger partial charge in [-0.25, -0.2) is 0 Å². The number of guanidine groups is 1. The largest absolute Gasteiger partial charge is 0.379 e. The van der Waals surface area contributed by atoms with Crippen LogP contribution in [0, 0.1) is 5.92 Å². The highest BCUT2D eigenvalue weighted by molar-refractivity contribution is 14.0. The average Bonchev–Trinajstić information content (AvgIpc) is 3.22. The van der Waals surface area contributed by atoms with Crippen LogP contribution in [0.3, 0.4) is 0 Å². The summed E-state index contributed by atoms with van der Waals surface area (Å²) in [5.74, 6) is 1.66. The van der Waals surface area contributed by atoms with Crippen LogP contribution in [0.5, 0.6) is 0 Å². The van der Waals surface area contributed by atoms with E-state index in [1.165, 1.54) is 6.42 Å². The topological polar surface area (TPSA) is 69.2 Å². The fourth-order valence-electron chi connectivity index (χ4n) is 4.05. The number of hydrogen-bond acceptors (Lipinski definition) is 4. The van der Waals surface area contributed by atoms with Crippen molar-refractivity contribution < 1.29 is 9.53 Å². The van der Waals surface area contributed by atoms with Gasteiger partial charge in [-0.15, -0.1) is 24.0 Å². The van der Waals surface area contributed by atoms with Gasteiger partial charge >= 0.3 is 0 Å². The first-order valence-corrected chi connectivity index (χ1v) is 10.8. The summed E-state index contributed by atoms with van der Waals surface area (Å²) in [6.45, 7) is 10.8. The minimum Gasteiger partial charge on any atom is -0.379 e. The number of nitrogens with one attached hydrogen (secondary N) is 2. The maximum atomic E-state index is 11.8. The van der Waals surface area contributed by atoms with E-state index in [0.29, 0.717) is 18.0 Å². The number of likely N-dealkylation sites (tertiary alicyclic amines) is 1. The van der Waals surface area contributed by atoms with Gasteiger partial charge in [0.15, 0.2) is 5.96 Å². The van der Waals surface area contributed by atoms with Crippen molar-refractivity contribution in [1.82, 2.24) is 20.4 Å². The standard InChI is InChI=1S/C22H35N5O2.HI/c1-3-24-22(25-9-7-18-5-4-6-20(15-18)21(28)23-2)27-10-8-19(17-27)16-26-11-13-29-14-12-26;/h4-6,15,19H,3,7-14,16-17H2,1-2H3,(H,23,28)(H,24,25);1H. The summed E-state index contributed by atoms with van der Waals surface area (Å²) >= 11 is 0. The first-order chi connectivity index (χ1) is 14.2. The van der Waals surface area contributed by atoms with Gasteiger partial charge in [0.25, 0.3) is 5.91 Å². The lowest BCUT2D eigenvalue weighted by Crippen LogP contribution is -2.42. The zero-order chi connectivity index (χ0) is 20.5. The van der Waals surface area contributed by atoms with Crippen LogP contribution < -0.4 is 10.6 Å². The number of carbonyl (C=O) groups excluding carboxylic acids is 1. The third kappa shape index (κ3) is 7.39. The van der Waals surface area contributed by atoms with E-state index in [-0.39, 0.29) is 29.9 Å². The molecule has 0 spiro atoms. The van der Waals surface area contributed by atoms with Crippen LogP contribution in [-0.2, 0) is 11.2 Å². The van der Waals surface area contributed by atoms with E-state index >= 15 is 0 Å². The van der Waals surface area contributed by atoms with E-state index in [1.54, 1.807) is 7.05 Å². The molecule has 8 heteroatoms. The number of ether oxygens (including phenoxy) is 1. The van der Waals surface area contributed by atoms with Gasteiger partial charge in [0, 0.05) is 58.4 Å². The normalized spacial score (nSPS) is 20.0. The molecule has 0 aliphatic carbocycles. The Kier molecular flexibility index (Phi) is 10.9. The van der Waals surface area contributed by atoms with Gasteiger partial charge in [-0.2, -0.15) is 0 Å². The number of amides is 1. The molecule has 0 aromatic heterocycles. The van der Waals surface area contributed by atoms with Crippen LogP contribution in [0.4, 0.5) is 0 Å². The van der Waals surface area contributed by atoms with Gasteiger partial charge in [0.2, 0.25) is 0 Å². The van der Waals surface area contributed by atoms with Crippen LogP contribution in [0.15, 0.2) is 29.3 Å². The van der Waals surface area contributed by atoms with E-state index < -0.39 is 0 Å². The average molecular weight is 529 g/mol. The lowest BCUT2D eigenvalue weighted by Gasteiger charge is -2.29. The molecule has 2 saturated heterocycles. The molecule has 2 N–H and O–H groups in total. The quantitative estimate of drug-likeness (QED) is 0.321. The van der Waals surface area contributed by atoms with Gasteiger partial charge < -0.3 is 20.3 Å². The maximum Gasteiger partial charge on any atom is 0.251 e. The summed E-state index contributed by atoms with van der Waals surface area (Å²) in [5, 5.41) is 6.13. The summed E-state index contributed by atoms with van der Waals surface area (Å²) in [6, 6.07) is 7.79. The number of benzene rings is 1. The van der Waals surface area contributed by atoms with Crippen LogP contribution in [0.2, 0.25) is 0 Å². The molecule has 168 valence electrons. The molecular formula is C22H36IN5O2. The highest BCUT2D eigenvalue weighted by Crippen LogP contribution is 2.18. The van der Waals surface area contributed by atoms with Crippen LogP contribution in [0.25, 0.3) is 0 Å². The number of nitrogens with zero attached hydrogens (tertiary/aromatic N) is 3. The Hall–Kier alpha value is -1.39. The summed E-state index contributed by atoms with van der Waals surface area (Å²) < 4.78 is 5.46. The molecule has 2 heterocycles. The molecule has 0 bridgehead atoms. The molecule has 2 fully saturated rings. The second-order valence-electron chi connectivity index (χ2n) is 7.78. The third-order valence-corrected chi connectivity index (χ3v) is 5.62. The Morgan fingerprint density at radius 3 is 2.80 bits per heavy atom. The van der Waals surface area contributed by atoms with Crippen molar-refractivity contribution in [2.45, 2.75) is 19.8 Å². The monoisotopic (exact) mass is 529 g/mol. The predicted octanol–water partition coefficient (Wildman–Crippen LogP) is 1.83. The molecule has 2 aliphatic heterocycles.